The first kappa shape index (κ1) is 13.9. The topological polar surface area (TPSA) is 35.2 Å². The van der Waals surface area contributed by atoms with E-state index >= 15 is 0 Å². The molecule has 2 aromatic carbocycles. The summed E-state index contributed by atoms with van der Waals surface area (Å²) in [6.45, 7) is 5.89. The summed E-state index contributed by atoms with van der Waals surface area (Å²) in [5, 5.41) is 0.785. The van der Waals surface area contributed by atoms with Gasteiger partial charge < -0.3 is 10.5 Å². The molecule has 3 heteroatoms. The average Bonchev–Trinajstić information content (AvgIpc) is 2.36. The van der Waals surface area contributed by atoms with Crippen molar-refractivity contribution in [3.63, 3.8) is 0 Å². The Kier molecular flexibility index (Phi) is 4.13. The normalized spacial score (nSPS) is 12.3. The summed E-state index contributed by atoms with van der Waals surface area (Å²) in [4.78, 5) is 0. The van der Waals surface area contributed by atoms with E-state index in [0.29, 0.717) is 0 Å². The van der Waals surface area contributed by atoms with Crippen molar-refractivity contribution >= 4 is 11.6 Å². The van der Waals surface area contributed by atoms with Gasteiger partial charge in [-0.05, 0) is 50.1 Å². The van der Waals surface area contributed by atoms with Crippen LogP contribution < -0.4 is 10.5 Å². The van der Waals surface area contributed by atoms with Gasteiger partial charge in [-0.2, -0.15) is 0 Å². The molecule has 0 heterocycles. The minimum atomic E-state index is -0.0642. The summed E-state index contributed by atoms with van der Waals surface area (Å²) in [7, 11) is 0. The van der Waals surface area contributed by atoms with Crippen molar-refractivity contribution in [2.45, 2.75) is 26.8 Å². The minimum absolute atomic E-state index is 0.0642. The zero-order valence-corrected chi connectivity index (χ0v) is 12.2. The van der Waals surface area contributed by atoms with Crippen molar-refractivity contribution in [3.05, 3.63) is 58.1 Å². The van der Waals surface area contributed by atoms with Crippen LogP contribution in [0.4, 0.5) is 0 Å². The number of para-hydroxylation sites is 1. The standard InChI is InChI=1S/C16H18ClNO/c1-10-8-13(9-11(2)16(10)17)19-15-7-5-4-6-14(15)12(3)18/h4-9,12H,18H2,1-3H3. The lowest BCUT2D eigenvalue weighted by molar-refractivity contribution is 0.471. The number of halogens is 1. The molecule has 19 heavy (non-hydrogen) atoms. The Hall–Kier alpha value is -1.51. The van der Waals surface area contributed by atoms with Gasteiger partial charge in [0, 0.05) is 16.6 Å². The number of nitrogens with two attached hydrogens (primary N) is 1. The van der Waals surface area contributed by atoms with Gasteiger partial charge in [0.1, 0.15) is 11.5 Å². The summed E-state index contributed by atoms with van der Waals surface area (Å²) in [5.74, 6) is 1.58. The number of hydrogen-bond donors (Lipinski definition) is 1. The fourth-order valence-electron chi connectivity index (χ4n) is 2.04. The van der Waals surface area contributed by atoms with E-state index in [0.717, 1.165) is 33.2 Å². The molecule has 0 aromatic heterocycles. The second-order valence-corrected chi connectivity index (χ2v) is 5.18. The Morgan fingerprint density at radius 3 is 2.26 bits per heavy atom. The van der Waals surface area contributed by atoms with Crippen LogP contribution in [0.5, 0.6) is 11.5 Å². The molecule has 0 aliphatic carbocycles. The smallest absolute Gasteiger partial charge is 0.132 e. The Bertz CT molecular complexity index is 570. The highest BCUT2D eigenvalue weighted by Gasteiger charge is 2.09. The minimum Gasteiger partial charge on any atom is -0.457 e. The highest BCUT2D eigenvalue weighted by Crippen LogP contribution is 2.32. The Balaban J connectivity index is 2.37. The molecule has 0 saturated heterocycles. The van der Waals surface area contributed by atoms with Gasteiger partial charge in [0.25, 0.3) is 0 Å². The molecular weight excluding hydrogens is 258 g/mol. The number of hydrogen-bond acceptors (Lipinski definition) is 2. The molecule has 2 rings (SSSR count). The zero-order valence-electron chi connectivity index (χ0n) is 11.4. The SMILES string of the molecule is Cc1cc(Oc2ccccc2C(C)N)cc(C)c1Cl. The summed E-state index contributed by atoms with van der Waals surface area (Å²) in [6, 6.07) is 11.6. The maximum atomic E-state index is 6.16. The maximum absolute atomic E-state index is 6.16. The largest absolute Gasteiger partial charge is 0.457 e. The van der Waals surface area contributed by atoms with Gasteiger partial charge in [-0.3, -0.25) is 0 Å². The van der Waals surface area contributed by atoms with Crippen molar-refractivity contribution in [2.75, 3.05) is 0 Å². The van der Waals surface area contributed by atoms with Gasteiger partial charge in [-0.1, -0.05) is 29.8 Å². The van der Waals surface area contributed by atoms with Crippen molar-refractivity contribution in [1.29, 1.82) is 0 Å². The average molecular weight is 276 g/mol. The lowest BCUT2D eigenvalue weighted by Crippen LogP contribution is -2.06. The Labute approximate surface area is 119 Å². The van der Waals surface area contributed by atoms with Gasteiger partial charge >= 0.3 is 0 Å². The van der Waals surface area contributed by atoms with Crippen LogP contribution in [0.2, 0.25) is 5.02 Å². The molecule has 0 saturated carbocycles. The second kappa shape index (κ2) is 5.64. The van der Waals surface area contributed by atoms with Crippen LogP contribution in [-0.4, -0.2) is 0 Å². The van der Waals surface area contributed by atoms with Crippen LogP contribution >= 0.6 is 11.6 Å². The Morgan fingerprint density at radius 1 is 1.11 bits per heavy atom. The number of rotatable bonds is 3. The van der Waals surface area contributed by atoms with Crippen LogP contribution in [0.1, 0.15) is 29.7 Å². The first-order valence-electron chi connectivity index (χ1n) is 6.28. The highest BCUT2D eigenvalue weighted by atomic mass is 35.5. The zero-order chi connectivity index (χ0) is 14.0. The van der Waals surface area contributed by atoms with Gasteiger partial charge in [-0.25, -0.2) is 0 Å². The van der Waals surface area contributed by atoms with E-state index in [-0.39, 0.29) is 6.04 Å². The van der Waals surface area contributed by atoms with E-state index in [1.54, 1.807) is 0 Å². The summed E-state index contributed by atoms with van der Waals surface area (Å²) in [5.41, 5.74) is 8.96. The van der Waals surface area contributed by atoms with E-state index in [1.807, 2.05) is 57.2 Å². The molecule has 0 amide bonds. The predicted molar refractivity (Wildman–Crippen MR) is 80.0 cm³/mol. The summed E-state index contributed by atoms with van der Waals surface area (Å²) < 4.78 is 5.95. The molecule has 1 unspecified atom stereocenters. The van der Waals surface area contributed by atoms with E-state index in [2.05, 4.69) is 0 Å². The molecule has 2 aromatic rings. The third-order valence-corrected chi connectivity index (χ3v) is 3.64. The van der Waals surface area contributed by atoms with Crippen LogP contribution in [0, 0.1) is 13.8 Å². The molecule has 100 valence electrons. The quantitative estimate of drug-likeness (QED) is 0.876. The molecule has 0 aliphatic heterocycles. The third-order valence-electron chi connectivity index (χ3n) is 3.05. The number of benzene rings is 2. The van der Waals surface area contributed by atoms with E-state index in [9.17, 15) is 0 Å². The molecule has 0 aliphatic rings. The summed E-state index contributed by atoms with van der Waals surface area (Å²) >= 11 is 6.16. The fourth-order valence-corrected chi connectivity index (χ4v) is 2.15. The lowest BCUT2D eigenvalue weighted by atomic mass is 10.1. The van der Waals surface area contributed by atoms with Crippen LogP contribution in [0.15, 0.2) is 36.4 Å². The highest BCUT2D eigenvalue weighted by molar-refractivity contribution is 6.32. The molecule has 0 fully saturated rings. The molecule has 1 atom stereocenters. The molecular formula is C16H18ClNO. The van der Waals surface area contributed by atoms with Crippen LogP contribution in [-0.2, 0) is 0 Å². The molecule has 2 N–H and O–H groups in total. The van der Waals surface area contributed by atoms with Crippen molar-refractivity contribution in [1.82, 2.24) is 0 Å². The van der Waals surface area contributed by atoms with E-state index < -0.39 is 0 Å². The van der Waals surface area contributed by atoms with Gasteiger partial charge in [0.2, 0.25) is 0 Å². The molecule has 0 radical (unpaired) electrons. The van der Waals surface area contributed by atoms with Gasteiger partial charge in [-0.15, -0.1) is 0 Å². The van der Waals surface area contributed by atoms with Crippen molar-refractivity contribution in [3.8, 4) is 11.5 Å². The van der Waals surface area contributed by atoms with E-state index in [4.69, 9.17) is 22.1 Å². The monoisotopic (exact) mass is 275 g/mol. The number of aryl methyl sites for hydroxylation is 2. The maximum Gasteiger partial charge on any atom is 0.132 e. The van der Waals surface area contributed by atoms with Crippen LogP contribution in [0.25, 0.3) is 0 Å². The van der Waals surface area contributed by atoms with Gasteiger partial charge in [0.05, 0.1) is 0 Å². The second-order valence-electron chi connectivity index (χ2n) is 4.80. The first-order chi connectivity index (χ1) is 8.99. The Morgan fingerprint density at radius 2 is 1.68 bits per heavy atom. The van der Waals surface area contributed by atoms with Crippen molar-refractivity contribution in [2.24, 2.45) is 5.73 Å². The fraction of sp³-hybridized carbons (Fsp3) is 0.250. The van der Waals surface area contributed by atoms with E-state index in [1.165, 1.54) is 0 Å². The lowest BCUT2D eigenvalue weighted by Gasteiger charge is -2.15. The first-order valence-corrected chi connectivity index (χ1v) is 6.66. The van der Waals surface area contributed by atoms with Crippen LogP contribution in [0.3, 0.4) is 0 Å². The summed E-state index contributed by atoms with van der Waals surface area (Å²) in [6.07, 6.45) is 0. The predicted octanol–water partition coefficient (Wildman–Crippen LogP) is 4.77. The number of ether oxygens (including phenoxy) is 1. The molecule has 0 bridgehead atoms. The third kappa shape index (κ3) is 3.09. The molecule has 0 spiro atoms. The van der Waals surface area contributed by atoms with Crippen molar-refractivity contribution < 1.29 is 4.74 Å². The van der Waals surface area contributed by atoms with Gasteiger partial charge in [0.15, 0.2) is 0 Å². The molecule has 2 nitrogen and oxygen atoms in total.